The van der Waals surface area contributed by atoms with Crippen molar-refractivity contribution < 1.29 is 28.5 Å². The number of allylic oxidation sites excluding steroid dienone is 1. The molecule has 10 heteroatoms. The molecule has 0 aromatic heterocycles. The number of carbonyl (C=O) groups is 1. The van der Waals surface area contributed by atoms with Crippen LogP contribution in [0, 0.1) is 5.92 Å². The molecule has 3 rings (SSSR count). The lowest BCUT2D eigenvalue weighted by molar-refractivity contribution is -0.0143. The van der Waals surface area contributed by atoms with Gasteiger partial charge in [0.25, 0.3) is 0 Å². The Labute approximate surface area is 279 Å². The zero-order chi connectivity index (χ0) is 32.3. The van der Waals surface area contributed by atoms with E-state index in [2.05, 4.69) is 48.7 Å². The van der Waals surface area contributed by atoms with Crippen molar-refractivity contribution in [1.82, 2.24) is 0 Å². The number of halogens is 1. The Kier molecular flexibility index (Phi) is 17.8. The highest BCUT2D eigenvalue weighted by Gasteiger charge is 2.19. The molecule has 2 N–H and O–H groups in total. The highest BCUT2D eigenvalue weighted by atomic mass is 35.5. The number of primary amides is 1. The summed E-state index contributed by atoms with van der Waals surface area (Å²) in [7, 11) is 1.66. The molecular formula is C35H51ClN2O6S. The first-order valence-corrected chi connectivity index (χ1v) is 17.1. The van der Waals surface area contributed by atoms with E-state index in [-0.39, 0.29) is 12.0 Å². The van der Waals surface area contributed by atoms with E-state index >= 15 is 0 Å². The van der Waals surface area contributed by atoms with Crippen molar-refractivity contribution in [3.05, 3.63) is 70.3 Å². The molecule has 1 heterocycles. The van der Waals surface area contributed by atoms with Crippen molar-refractivity contribution in [2.45, 2.75) is 58.1 Å². The van der Waals surface area contributed by atoms with Crippen molar-refractivity contribution in [2.24, 2.45) is 11.7 Å². The fourth-order valence-corrected chi connectivity index (χ4v) is 5.53. The Balaban J connectivity index is 1.58. The van der Waals surface area contributed by atoms with E-state index < -0.39 is 5.91 Å². The molecule has 0 saturated carbocycles. The van der Waals surface area contributed by atoms with Crippen molar-refractivity contribution in [3.8, 4) is 5.75 Å². The SMILES string of the molecule is COCCOCCOCCOC(/C=C/CCCCN1Cc2ccc(Cl)cc2CCCCOc2ccc(C(N)=O)cc21)[C@H](C)CS. The van der Waals surface area contributed by atoms with Gasteiger partial charge < -0.3 is 34.3 Å². The van der Waals surface area contributed by atoms with Crippen LogP contribution < -0.4 is 15.4 Å². The third-order valence-corrected chi connectivity index (χ3v) is 8.59. The number of aryl methyl sites for hydroxylation is 1. The number of amides is 1. The molecule has 1 amide bonds. The molecule has 2 aromatic rings. The van der Waals surface area contributed by atoms with Crippen LogP contribution in [0.15, 0.2) is 48.6 Å². The van der Waals surface area contributed by atoms with Gasteiger partial charge in [0.1, 0.15) is 5.75 Å². The summed E-state index contributed by atoms with van der Waals surface area (Å²) in [5, 5.41) is 0.750. The molecule has 250 valence electrons. The van der Waals surface area contributed by atoms with Gasteiger partial charge in [-0.05, 0) is 91.7 Å². The van der Waals surface area contributed by atoms with Crippen LogP contribution in [-0.4, -0.2) is 77.7 Å². The summed E-state index contributed by atoms with van der Waals surface area (Å²) in [5.41, 5.74) is 9.53. The van der Waals surface area contributed by atoms with Gasteiger partial charge in [0.05, 0.1) is 58.0 Å². The molecule has 0 fully saturated rings. The molecule has 1 aliphatic heterocycles. The Morgan fingerprint density at radius 1 is 1.04 bits per heavy atom. The van der Waals surface area contributed by atoms with Crippen LogP contribution in [0.5, 0.6) is 5.75 Å². The normalized spacial score (nSPS) is 15.2. The predicted molar refractivity (Wildman–Crippen MR) is 185 cm³/mol. The standard InChI is InChI=1S/C35H51ClN2O6S/c1-27(26-45)33(44-22-21-42-20-19-41-18-17-40-2)10-5-3-4-7-15-38-25-30-11-13-31(36)23-28(30)9-6-8-16-43-34-14-12-29(35(37)39)24-32(34)38/h5,10-14,23-24,27,33,45H,3-4,6-9,15-22,25-26H2,1-2H3,(H2,37,39)/b10-5+/t27-,33?/m1/s1. The minimum absolute atomic E-state index is 0.0189. The van der Waals surface area contributed by atoms with Gasteiger partial charge in [0.15, 0.2) is 0 Å². The molecule has 2 aromatic carbocycles. The van der Waals surface area contributed by atoms with E-state index in [9.17, 15) is 4.79 Å². The Morgan fingerprint density at radius 3 is 2.58 bits per heavy atom. The maximum atomic E-state index is 12.1. The first kappa shape index (κ1) is 37.2. The number of ether oxygens (including phenoxy) is 5. The molecule has 0 bridgehead atoms. The number of nitrogens with zero attached hydrogens (tertiary/aromatic N) is 1. The smallest absolute Gasteiger partial charge is 0.248 e. The van der Waals surface area contributed by atoms with Gasteiger partial charge in [-0.1, -0.05) is 36.7 Å². The van der Waals surface area contributed by atoms with Gasteiger partial charge in [-0.2, -0.15) is 12.6 Å². The average molecular weight is 663 g/mol. The molecule has 1 unspecified atom stereocenters. The number of unbranched alkanes of at least 4 members (excludes halogenated alkanes) is 2. The van der Waals surface area contributed by atoms with Crippen molar-refractivity contribution in [3.63, 3.8) is 0 Å². The number of benzene rings is 2. The summed E-state index contributed by atoms with van der Waals surface area (Å²) in [4.78, 5) is 14.4. The number of methoxy groups -OCH3 is 1. The van der Waals surface area contributed by atoms with E-state index in [1.54, 1.807) is 13.2 Å². The minimum Gasteiger partial charge on any atom is -0.491 e. The second-order valence-corrected chi connectivity index (χ2v) is 12.1. The summed E-state index contributed by atoms with van der Waals surface area (Å²) >= 11 is 10.9. The Morgan fingerprint density at radius 2 is 1.82 bits per heavy atom. The molecule has 1 aliphatic rings. The second kappa shape index (κ2) is 21.5. The molecule has 0 saturated heterocycles. The number of thiol groups is 1. The lowest BCUT2D eigenvalue weighted by Crippen LogP contribution is -2.26. The van der Waals surface area contributed by atoms with Crippen LogP contribution in [0.3, 0.4) is 0 Å². The summed E-state index contributed by atoms with van der Waals surface area (Å²) in [6.45, 7) is 7.52. The maximum Gasteiger partial charge on any atom is 0.248 e. The molecular weight excluding hydrogens is 612 g/mol. The topological polar surface area (TPSA) is 92.5 Å². The lowest BCUT2D eigenvalue weighted by atomic mass is 10.0. The van der Waals surface area contributed by atoms with Crippen LogP contribution in [0.25, 0.3) is 0 Å². The van der Waals surface area contributed by atoms with Crippen LogP contribution in [0.4, 0.5) is 5.69 Å². The summed E-state index contributed by atoms with van der Waals surface area (Å²) in [6.07, 6.45) is 10.1. The van der Waals surface area contributed by atoms with Gasteiger partial charge >= 0.3 is 0 Å². The number of fused-ring (bicyclic) bond motifs is 2. The number of carbonyl (C=O) groups excluding carboxylic acids is 1. The summed E-state index contributed by atoms with van der Waals surface area (Å²) < 4.78 is 28.3. The average Bonchev–Trinajstić information content (AvgIpc) is 3.07. The third-order valence-electron chi connectivity index (χ3n) is 7.78. The van der Waals surface area contributed by atoms with Crippen LogP contribution >= 0.6 is 24.2 Å². The zero-order valence-corrected chi connectivity index (χ0v) is 28.5. The van der Waals surface area contributed by atoms with E-state index in [4.69, 9.17) is 41.0 Å². The summed E-state index contributed by atoms with van der Waals surface area (Å²) in [6, 6.07) is 11.6. The van der Waals surface area contributed by atoms with Gasteiger partial charge in [0, 0.05) is 30.8 Å². The molecule has 8 nitrogen and oxygen atoms in total. The zero-order valence-electron chi connectivity index (χ0n) is 26.9. The van der Waals surface area contributed by atoms with E-state index in [0.717, 1.165) is 67.3 Å². The van der Waals surface area contributed by atoms with Crippen LogP contribution in [0.2, 0.25) is 5.02 Å². The fourth-order valence-electron chi connectivity index (χ4n) is 5.13. The van der Waals surface area contributed by atoms with Gasteiger partial charge in [-0.25, -0.2) is 0 Å². The van der Waals surface area contributed by atoms with E-state index in [1.165, 1.54) is 11.1 Å². The fraction of sp³-hybridized carbons (Fsp3) is 0.571. The van der Waals surface area contributed by atoms with Gasteiger partial charge in [0.2, 0.25) is 5.91 Å². The van der Waals surface area contributed by atoms with Crippen molar-refractivity contribution >= 4 is 35.8 Å². The number of hydrogen-bond donors (Lipinski definition) is 2. The molecule has 2 atom stereocenters. The Bertz CT molecular complexity index is 1180. The Hall–Kier alpha value is -2.27. The number of rotatable bonds is 19. The maximum absolute atomic E-state index is 12.1. The van der Waals surface area contributed by atoms with Crippen molar-refractivity contribution in [2.75, 3.05) is 70.6 Å². The quantitative estimate of drug-likeness (QED) is 0.101. The monoisotopic (exact) mass is 662 g/mol. The highest BCUT2D eigenvalue weighted by molar-refractivity contribution is 7.80. The third kappa shape index (κ3) is 13.5. The van der Waals surface area contributed by atoms with Crippen LogP contribution in [0.1, 0.15) is 60.5 Å². The van der Waals surface area contributed by atoms with Gasteiger partial charge in [-0.3, -0.25) is 4.79 Å². The molecule has 0 aliphatic carbocycles. The molecule has 0 radical (unpaired) electrons. The van der Waals surface area contributed by atoms with Gasteiger partial charge in [-0.15, -0.1) is 0 Å². The first-order valence-electron chi connectivity index (χ1n) is 16.0. The summed E-state index contributed by atoms with van der Waals surface area (Å²) in [5.74, 6) is 1.35. The number of anilines is 1. The predicted octanol–water partition coefficient (Wildman–Crippen LogP) is 6.52. The van der Waals surface area contributed by atoms with E-state index in [1.807, 2.05) is 18.2 Å². The largest absolute Gasteiger partial charge is 0.491 e. The van der Waals surface area contributed by atoms with Crippen LogP contribution in [-0.2, 0) is 31.9 Å². The van der Waals surface area contributed by atoms with E-state index in [0.29, 0.717) is 58.4 Å². The molecule has 0 spiro atoms. The highest BCUT2D eigenvalue weighted by Crippen LogP contribution is 2.33. The molecule has 45 heavy (non-hydrogen) atoms. The first-order chi connectivity index (χ1) is 21.9. The number of nitrogens with two attached hydrogens (primary N) is 1. The second-order valence-electron chi connectivity index (χ2n) is 11.3. The minimum atomic E-state index is -0.449. The number of hydrogen-bond acceptors (Lipinski definition) is 8. The van der Waals surface area contributed by atoms with Crippen molar-refractivity contribution in [1.29, 1.82) is 0 Å². The lowest BCUT2D eigenvalue weighted by Gasteiger charge is -2.28.